The van der Waals surface area contributed by atoms with Crippen LogP contribution in [0.15, 0.2) is 42.5 Å². The SMILES string of the molecule is Cc1nc(Cl)nc(N)c1Oc1cccc2ccccc12. The monoisotopic (exact) mass is 285 g/mol. The lowest BCUT2D eigenvalue weighted by Gasteiger charge is -2.12. The van der Waals surface area contributed by atoms with Crippen LogP contribution in [0, 0.1) is 6.92 Å². The summed E-state index contributed by atoms with van der Waals surface area (Å²) in [5.74, 6) is 1.38. The first-order valence-electron chi connectivity index (χ1n) is 6.10. The molecule has 0 aliphatic carbocycles. The van der Waals surface area contributed by atoms with E-state index in [2.05, 4.69) is 9.97 Å². The van der Waals surface area contributed by atoms with Crippen LogP contribution >= 0.6 is 11.6 Å². The molecule has 0 aliphatic rings. The molecule has 2 N–H and O–H groups in total. The van der Waals surface area contributed by atoms with Crippen molar-refractivity contribution in [2.24, 2.45) is 0 Å². The summed E-state index contributed by atoms with van der Waals surface area (Å²) >= 11 is 5.76. The Morgan fingerprint density at radius 1 is 1.05 bits per heavy atom. The highest BCUT2D eigenvalue weighted by atomic mass is 35.5. The summed E-state index contributed by atoms with van der Waals surface area (Å²) < 4.78 is 5.90. The van der Waals surface area contributed by atoms with Crippen LogP contribution in [0.4, 0.5) is 5.82 Å². The van der Waals surface area contributed by atoms with Crippen LogP contribution in [-0.2, 0) is 0 Å². The molecule has 0 fully saturated rings. The Kier molecular flexibility index (Phi) is 3.16. The number of ether oxygens (including phenoxy) is 1. The molecule has 0 bridgehead atoms. The van der Waals surface area contributed by atoms with E-state index in [0.29, 0.717) is 17.2 Å². The summed E-state index contributed by atoms with van der Waals surface area (Å²) in [4.78, 5) is 7.98. The first kappa shape index (κ1) is 12.7. The van der Waals surface area contributed by atoms with E-state index >= 15 is 0 Å². The van der Waals surface area contributed by atoms with Crippen molar-refractivity contribution in [1.82, 2.24) is 9.97 Å². The number of fused-ring (bicyclic) bond motifs is 1. The second-order valence-electron chi connectivity index (χ2n) is 4.37. The maximum atomic E-state index is 5.90. The van der Waals surface area contributed by atoms with Gasteiger partial charge < -0.3 is 10.5 Å². The van der Waals surface area contributed by atoms with Gasteiger partial charge in [0.15, 0.2) is 11.6 Å². The van der Waals surface area contributed by atoms with E-state index < -0.39 is 0 Å². The number of aryl methyl sites for hydroxylation is 1. The van der Waals surface area contributed by atoms with E-state index in [1.165, 1.54) is 0 Å². The van der Waals surface area contributed by atoms with Crippen LogP contribution in [0.25, 0.3) is 10.8 Å². The molecule has 20 heavy (non-hydrogen) atoms. The predicted octanol–water partition coefficient (Wildman–Crippen LogP) is 3.97. The van der Waals surface area contributed by atoms with E-state index in [9.17, 15) is 0 Å². The highest BCUT2D eigenvalue weighted by molar-refractivity contribution is 6.28. The summed E-state index contributed by atoms with van der Waals surface area (Å²) in [5.41, 5.74) is 6.46. The van der Waals surface area contributed by atoms with Crippen molar-refractivity contribution in [3.63, 3.8) is 0 Å². The number of nitrogens with zero attached hydrogens (tertiary/aromatic N) is 2. The Bertz CT molecular complexity index is 761. The van der Waals surface area contributed by atoms with Crippen molar-refractivity contribution in [1.29, 1.82) is 0 Å². The van der Waals surface area contributed by atoms with Gasteiger partial charge in [-0.25, -0.2) is 4.98 Å². The van der Waals surface area contributed by atoms with Crippen molar-refractivity contribution in [3.8, 4) is 11.5 Å². The Morgan fingerprint density at radius 3 is 2.60 bits per heavy atom. The van der Waals surface area contributed by atoms with Crippen molar-refractivity contribution in [2.45, 2.75) is 6.92 Å². The number of anilines is 1. The Hall–Kier alpha value is -2.33. The molecule has 100 valence electrons. The Morgan fingerprint density at radius 2 is 1.80 bits per heavy atom. The highest BCUT2D eigenvalue weighted by Gasteiger charge is 2.12. The van der Waals surface area contributed by atoms with Crippen LogP contribution < -0.4 is 10.5 Å². The summed E-state index contributed by atoms with van der Waals surface area (Å²) in [6, 6.07) is 13.8. The van der Waals surface area contributed by atoms with Crippen LogP contribution in [0.5, 0.6) is 11.5 Å². The van der Waals surface area contributed by atoms with Crippen molar-refractivity contribution < 1.29 is 4.74 Å². The average Bonchev–Trinajstić information content (AvgIpc) is 2.43. The van der Waals surface area contributed by atoms with Crippen LogP contribution in [-0.4, -0.2) is 9.97 Å². The summed E-state index contributed by atoms with van der Waals surface area (Å²) in [6.07, 6.45) is 0. The molecule has 0 saturated carbocycles. The molecule has 4 nitrogen and oxygen atoms in total. The molecule has 5 heteroatoms. The number of rotatable bonds is 2. The third kappa shape index (κ3) is 2.26. The summed E-state index contributed by atoms with van der Waals surface area (Å²) in [5, 5.41) is 2.21. The van der Waals surface area contributed by atoms with Crippen molar-refractivity contribution in [3.05, 3.63) is 53.4 Å². The molecule has 0 saturated heterocycles. The largest absolute Gasteiger partial charge is 0.451 e. The number of halogens is 1. The second-order valence-corrected chi connectivity index (χ2v) is 4.71. The fraction of sp³-hybridized carbons (Fsp3) is 0.0667. The minimum Gasteiger partial charge on any atom is -0.451 e. The third-order valence-electron chi connectivity index (χ3n) is 3.00. The summed E-state index contributed by atoms with van der Waals surface area (Å²) in [7, 11) is 0. The third-order valence-corrected chi connectivity index (χ3v) is 3.16. The van der Waals surface area contributed by atoms with E-state index in [1.54, 1.807) is 6.92 Å². The molecule has 1 heterocycles. The lowest BCUT2D eigenvalue weighted by molar-refractivity contribution is 0.481. The van der Waals surface area contributed by atoms with Gasteiger partial charge in [-0.1, -0.05) is 36.4 Å². The number of nitrogen functional groups attached to an aromatic ring is 1. The zero-order chi connectivity index (χ0) is 14.1. The number of hydrogen-bond acceptors (Lipinski definition) is 4. The molecule has 2 aromatic carbocycles. The Labute approximate surface area is 121 Å². The molecule has 0 amide bonds. The molecule has 0 aliphatic heterocycles. The number of nitrogens with two attached hydrogens (primary N) is 1. The average molecular weight is 286 g/mol. The van der Waals surface area contributed by atoms with Gasteiger partial charge in [0.25, 0.3) is 0 Å². The van der Waals surface area contributed by atoms with Gasteiger partial charge in [-0.2, -0.15) is 4.98 Å². The fourth-order valence-corrected chi connectivity index (χ4v) is 2.29. The molecule has 1 aromatic heterocycles. The number of hydrogen-bond donors (Lipinski definition) is 1. The molecule has 0 spiro atoms. The van der Waals surface area contributed by atoms with E-state index in [-0.39, 0.29) is 11.1 Å². The van der Waals surface area contributed by atoms with Gasteiger partial charge in [0, 0.05) is 5.39 Å². The topological polar surface area (TPSA) is 61.0 Å². The van der Waals surface area contributed by atoms with E-state index in [0.717, 1.165) is 10.8 Å². The summed E-state index contributed by atoms with van der Waals surface area (Å²) in [6.45, 7) is 1.78. The van der Waals surface area contributed by atoms with Gasteiger partial charge in [-0.3, -0.25) is 0 Å². The first-order chi connectivity index (χ1) is 9.65. The fourth-order valence-electron chi connectivity index (χ4n) is 2.07. The maximum Gasteiger partial charge on any atom is 0.224 e. The normalized spacial score (nSPS) is 10.7. The Balaban J connectivity index is 2.10. The van der Waals surface area contributed by atoms with Gasteiger partial charge in [-0.15, -0.1) is 0 Å². The molecular weight excluding hydrogens is 274 g/mol. The second kappa shape index (κ2) is 4.98. The minimum absolute atomic E-state index is 0.116. The van der Waals surface area contributed by atoms with E-state index in [1.807, 2.05) is 42.5 Å². The molecule has 0 radical (unpaired) electrons. The van der Waals surface area contributed by atoms with E-state index in [4.69, 9.17) is 22.1 Å². The first-order valence-corrected chi connectivity index (χ1v) is 6.48. The van der Waals surface area contributed by atoms with Gasteiger partial charge in [0.1, 0.15) is 5.75 Å². The zero-order valence-corrected chi connectivity index (χ0v) is 11.6. The van der Waals surface area contributed by atoms with Gasteiger partial charge in [0.2, 0.25) is 5.28 Å². The van der Waals surface area contributed by atoms with Gasteiger partial charge in [-0.05, 0) is 30.0 Å². The van der Waals surface area contributed by atoms with Crippen LogP contribution in [0.3, 0.4) is 0 Å². The number of benzene rings is 2. The molecular formula is C15H12ClN3O. The predicted molar refractivity (Wildman–Crippen MR) is 80.2 cm³/mol. The van der Waals surface area contributed by atoms with Crippen molar-refractivity contribution in [2.75, 3.05) is 5.73 Å². The van der Waals surface area contributed by atoms with Gasteiger partial charge in [0.05, 0.1) is 5.69 Å². The number of aromatic nitrogens is 2. The van der Waals surface area contributed by atoms with Crippen molar-refractivity contribution >= 4 is 28.2 Å². The highest BCUT2D eigenvalue weighted by Crippen LogP contribution is 2.33. The quantitative estimate of drug-likeness (QED) is 0.724. The standard InChI is InChI=1S/C15H12ClN3O/c1-9-13(14(17)19-15(16)18-9)20-12-8-4-6-10-5-2-3-7-11(10)12/h2-8H,1H3,(H2,17,18,19). The lowest BCUT2D eigenvalue weighted by Crippen LogP contribution is -2.01. The smallest absolute Gasteiger partial charge is 0.224 e. The lowest BCUT2D eigenvalue weighted by atomic mass is 10.1. The van der Waals surface area contributed by atoms with Crippen LogP contribution in [0.2, 0.25) is 5.28 Å². The molecule has 3 rings (SSSR count). The zero-order valence-electron chi connectivity index (χ0n) is 10.8. The molecule has 0 atom stereocenters. The van der Waals surface area contributed by atoms with Crippen LogP contribution in [0.1, 0.15) is 5.69 Å². The molecule has 0 unspecified atom stereocenters. The van der Waals surface area contributed by atoms with Gasteiger partial charge >= 0.3 is 0 Å². The maximum absolute atomic E-state index is 5.90. The molecule has 3 aromatic rings. The minimum atomic E-state index is 0.116.